The second-order valence-corrected chi connectivity index (χ2v) is 5.09. The van der Waals surface area contributed by atoms with Crippen LogP contribution < -0.4 is 5.73 Å². The van der Waals surface area contributed by atoms with E-state index in [0.717, 1.165) is 10.5 Å². The van der Waals surface area contributed by atoms with E-state index in [9.17, 15) is 8.78 Å². The number of hydrogen-bond donors (Lipinski definition) is 1. The zero-order chi connectivity index (χ0) is 13.1. The Hall–Kier alpha value is -1.39. The summed E-state index contributed by atoms with van der Waals surface area (Å²) in [4.78, 5) is 1.28. The molecule has 0 aliphatic rings. The van der Waals surface area contributed by atoms with Gasteiger partial charge in [0.25, 0.3) is 0 Å². The average Bonchev–Trinajstić information content (AvgIpc) is 2.34. The first-order chi connectivity index (χ1) is 8.58. The molecule has 2 rings (SSSR count). The standard InChI is InChI=1S/C14H13F2NS/c1-9(17)12-3-2-4-13(16)14(12)18-11-7-5-10(15)6-8-11/h2-9H,17H2,1H3. The lowest BCUT2D eigenvalue weighted by atomic mass is 10.1. The van der Waals surface area contributed by atoms with Crippen molar-refractivity contribution < 1.29 is 8.78 Å². The van der Waals surface area contributed by atoms with Crippen LogP contribution in [0.2, 0.25) is 0 Å². The SMILES string of the molecule is CC(N)c1cccc(F)c1Sc1ccc(F)cc1. The van der Waals surface area contributed by atoms with Gasteiger partial charge in [-0.15, -0.1) is 0 Å². The number of rotatable bonds is 3. The van der Waals surface area contributed by atoms with E-state index in [1.165, 1.54) is 30.0 Å². The van der Waals surface area contributed by atoms with Crippen molar-refractivity contribution in [2.24, 2.45) is 5.73 Å². The number of nitrogens with two attached hydrogens (primary N) is 1. The van der Waals surface area contributed by atoms with Crippen LogP contribution in [0.25, 0.3) is 0 Å². The minimum Gasteiger partial charge on any atom is -0.324 e. The Kier molecular flexibility index (Phi) is 3.99. The molecule has 1 unspecified atom stereocenters. The molecule has 0 heterocycles. The lowest BCUT2D eigenvalue weighted by Gasteiger charge is -2.13. The lowest BCUT2D eigenvalue weighted by Crippen LogP contribution is -2.07. The van der Waals surface area contributed by atoms with Crippen LogP contribution in [-0.4, -0.2) is 0 Å². The van der Waals surface area contributed by atoms with Gasteiger partial charge >= 0.3 is 0 Å². The molecule has 0 bridgehead atoms. The molecule has 0 aromatic heterocycles. The maximum absolute atomic E-state index is 13.8. The maximum atomic E-state index is 13.8. The van der Waals surface area contributed by atoms with Gasteiger partial charge in [-0.05, 0) is 42.8 Å². The van der Waals surface area contributed by atoms with Crippen molar-refractivity contribution in [1.29, 1.82) is 0 Å². The molecule has 94 valence electrons. The number of hydrogen-bond acceptors (Lipinski definition) is 2. The molecule has 1 atom stereocenters. The highest BCUT2D eigenvalue weighted by molar-refractivity contribution is 7.99. The Balaban J connectivity index is 2.36. The topological polar surface area (TPSA) is 26.0 Å². The molecule has 0 radical (unpaired) electrons. The van der Waals surface area contributed by atoms with Crippen LogP contribution in [-0.2, 0) is 0 Å². The molecule has 0 aliphatic heterocycles. The van der Waals surface area contributed by atoms with E-state index in [4.69, 9.17) is 5.73 Å². The fourth-order valence-corrected chi connectivity index (χ4v) is 2.66. The van der Waals surface area contributed by atoms with E-state index in [1.54, 1.807) is 24.3 Å². The van der Waals surface area contributed by atoms with Gasteiger partial charge in [0.1, 0.15) is 11.6 Å². The summed E-state index contributed by atoms with van der Waals surface area (Å²) in [5.74, 6) is -0.612. The third-order valence-electron chi connectivity index (χ3n) is 2.52. The van der Waals surface area contributed by atoms with Gasteiger partial charge in [-0.3, -0.25) is 0 Å². The summed E-state index contributed by atoms with van der Waals surface area (Å²) >= 11 is 1.26. The Morgan fingerprint density at radius 1 is 1.06 bits per heavy atom. The molecule has 18 heavy (non-hydrogen) atoms. The monoisotopic (exact) mass is 265 g/mol. The van der Waals surface area contributed by atoms with Crippen molar-refractivity contribution in [2.75, 3.05) is 0 Å². The fraction of sp³-hybridized carbons (Fsp3) is 0.143. The van der Waals surface area contributed by atoms with Gasteiger partial charge in [0.2, 0.25) is 0 Å². The maximum Gasteiger partial charge on any atom is 0.137 e. The van der Waals surface area contributed by atoms with Gasteiger partial charge in [-0.25, -0.2) is 8.78 Å². The molecule has 0 amide bonds. The van der Waals surface area contributed by atoms with E-state index in [-0.39, 0.29) is 17.7 Å². The first-order valence-electron chi connectivity index (χ1n) is 5.55. The highest BCUT2D eigenvalue weighted by atomic mass is 32.2. The number of benzene rings is 2. The van der Waals surface area contributed by atoms with Crippen LogP contribution in [0, 0.1) is 11.6 Å². The van der Waals surface area contributed by atoms with Crippen LogP contribution >= 0.6 is 11.8 Å². The molecule has 0 saturated carbocycles. The van der Waals surface area contributed by atoms with Crippen molar-refractivity contribution in [3.05, 3.63) is 59.7 Å². The molecule has 0 spiro atoms. The Labute approximate surface area is 109 Å². The van der Waals surface area contributed by atoms with Crippen LogP contribution in [0.3, 0.4) is 0 Å². The Morgan fingerprint density at radius 3 is 2.33 bits per heavy atom. The van der Waals surface area contributed by atoms with Crippen LogP contribution in [0.15, 0.2) is 52.3 Å². The summed E-state index contributed by atoms with van der Waals surface area (Å²) in [5.41, 5.74) is 6.58. The largest absolute Gasteiger partial charge is 0.324 e. The quantitative estimate of drug-likeness (QED) is 0.902. The van der Waals surface area contributed by atoms with E-state index < -0.39 is 0 Å². The van der Waals surface area contributed by atoms with Crippen molar-refractivity contribution in [3.8, 4) is 0 Å². The van der Waals surface area contributed by atoms with E-state index in [2.05, 4.69) is 0 Å². The molecule has 2 N–H and O–H groups in total. The van der Waals surface area contributed by atoms with E-state index in [0.29, 0.717) is 4.90 Å². The van der Waals surface area contributed by atoms with Gasteiger partial charge in [-0.1, -0.05) is 23.9 Å². The first-order valence-corrected chi connectivity index (χ1v) is 6.37. The molecule has 0 fully saturated rings. The van der Waals surface area contributed by atoms with Crippen molar-refractivity contribution in [3.63, 3.8) is 0 Å². The van der Waals surface area contributed by atoms with Gasteiger partial charge < -0.3 is 5.73 Å². The third kappa shape index (κ3) is 2.89. The van der Waals surface area contributed by atoms with Gasteiger partial charge in [0.05, 0.1) is 4.90 Å². The summed E-state index contributed by atoms with van der Waals surface area (Å²) in [6.07, 6.45) is 0. The molecule has 0 aliphatic carbocycles. The smallest absolute Gasteiger partial charge is 0.137 e. The van der Waals surface area contributed by atoms with Gasteiger partial charge in [0, 0.05) is 10.9 Å². The molecular weight excluding hydrogens is 252 g/mol. The Morgan fingerprint density at radius 2 is 1.72 bits per heavy atom. The second-order valence-electron chi connectivity index (χ2n) is 4.00. The van der Waals surface area contributed by atoms with Crippen molar-refractivity contribution in [2.45, 2.75) is 22.8 Å². The summed E-state index contributed by atoms with van der Waals surface area (Å²) < 4.78 is 26.6. The van der Waals surface area contributed by atoms with Gasteiger partial charge in [-0.2, -0.15) is 0 Å². The summed E-state index contributed by atoms with van der Waals surface area (Å²) in [5, 5.41) is 0. The minimum atomic E-state index is -0.306. The predicted octanol–water partition coefficient (Wildman–Crippen LogP) is 4.14. The highest BCUT2D eigenvalue weighted by Crippen LogP contribution is 2.34. The highest BCUT2D eigenvalue weighted by Gasteiger charge is 2.12. The van der Waals surface area contributed by atoms with Crippen molar-refractivity contribution >= 4 is 11.8 Å². The fourth-order valence-electron chi connectivity index (χ4n) is 1.61. The van der Waals surface area contributed by atoms with Crippen molar-refractivity contribution in [1.82, 2.24) is 0 Å². The Bertz CT molecular complexity index is 538. The van der Waals surface area contributed by atoms with E-state index in [1.807, 2.05) is 6.92 Å². The molecular formula is C14H13F2NS. The summed E-state index contributed by atoms with van der Waals surface area (Å²) in [6.45, 7) is 1.81. The zero-order valence-corrected chi connectivity index (χ0v) is 10.7. The number of halogens is 2. The molecule has 2 aromatic rings. The predicted molar refractivity (Wildman–Crippen MR) is 69.5 cm³/mol. The van der Waals surface area contributed by atoms with Crippen LogP contribution in [0.5, 0.6) is 0 Å². The van der Waals surface area contributed by atoms with Gasteiger partial charge in [0.15, 0.2) is 0 Å². The molecule has 1 nitrogen and oxygen atoms in total. The average molecular weight is 265 g/mol. The second kappa shape index (κ2) is 5.50. The van der Waals surface area contributed by atoms with Crippen LogP contribution in [0.4, 0.5) is 8.78 Å². The molecule has 4 heteroatoms. The minimum absolute atomic E-state index is 0.247. The summed E-state index contributed by atoms with van der Waals surface area (Å²) in [6, 6.07) is 10.6. The molecule has 0 saturated heterocycles. The zero-order valence-electron chi connectivity index (χ0n) is 9.86. The van der Waals surface area contributed by atoms with E-state index >= 15 is 0 Å². The normalized spacial score (nSPS) is 12.4. The molecule has 2 aromatic carbocycles. The summed E-state index contributed by atoms with van der Waals surface area (Å²) in [7, 11) is 0. The first kappa shape index (κ1) is 13.1. The third-order valence-corrected chi connectivity index (χ3v) is 3.66. The lowest BCUT2D eigenvalue weighted by molar-refractivity contribution is 0.591. The van der Waals surface area contributed by atoms with Crippen LogP contribution in [0.1, 0.15) is 18.5 Å².